The molecule has 29 heavy (non-hydrogen) atoms. The molecule has 160 valence electrons. The Morgan fingerprint density at radius 2 is 2.03 bits per heavy atom. The topological polar surface area (TPSA) is 63.6 Å². The lowest BCUT2D eigenvalue weighted by Gasteiger charge is -2.29. The van der Waals surface area contributed by atoms with Gasteiger partial charge in [-0.15, -0.1) is 0 Å². The average molecular weight is 411 g/mol. The molecule has 2 aliphatic rings. The van der Waals surface area contributed by atoms with E-state index >= 15 is 0 Å². The van der Waals surface area contributed by atoms with Crippen LogP contribution in [0.3, 0.4) is 0 Å². The number of methoxy groups -OCH3 is 1. The third kappa shape index (κ3) is 4.84. The highest BCUT2D eigenvalue weighted by Gasteiger charge is 2.44. The fourth-order valence-corrected chi connectivity index (χ4v) is 3.56. The lowest BCUT2D eigenvalue weighted by molar-refractivity contribution is -0.152. The van der Waals surface area contributed by atoms with Crippen LogP contribution in [-0.4, -0.2) is 80.7 Å². The molecule has 1 unspecified atom stereocenters. The molecule has 1 atom stereocenters. The van der Waals surface area contributed by atoms with Crippen molar-refractivity contribution in [1.29, 1.82) is 0 Å². The van der Waals surface area contributed by atoms with Gasteiger partial charge in [-0.05, 0) is 31.9 Å². The van der Waals surface area contributed by atoms with Crippen LogP contribution >= 0.6 is 0 Å². The molecule has 0 aliphatic carbocycles. The summed E-state index contributed by atoms with van der Waals surface area (Å²) in [6.45, 7) is 6.09. The van der Waals surface area contributed by atoms with Gasteiger partial charge in [-0.25, -0.2) is 9.18 Å². The van der Waals surface area contributed by atoms with Crippen LogP contribution in [0, 0.1) is 11.6 Å². The summed E-state index contributed by atoms with van der Waals surface area (Å²) in [6, 6.07) is 2.81. The average Bonchev–Trinajstić information content (AvgIpc) is 3.12. The second-order valence-electron chi connectivity index (χ2n) is 7.32. The van der Waals surface area contributed by atoms with Gasteiger partial charge in [0.25, 0.3) is 0 Å². The maximum atomic E-state index is 14.5. The standard InChI is InChI=1S/C20H27F2N3O4/c1-20(19(26)27-2)6-3-7-25(20)23-14-15-4-5-16(18(22)17(15)21)29-13-10-24-8-11-28-12-9-24/h4-5,14H,3,6-13H2,1-2H3/b23-14+. The molecule has 0 spiro atoms. The van der Waals surface area contributed by atoms with Crippen LogP contribution in [0.25, 0.3) is 0 Å². The molecule has 2 aliphatic heterocycles. The SMILES string of the molecule is COC(=O)C1(C)CCCN1/N=C/c1ccc(OCCN2CCOCC2)c(F)c1F. The highest BCUT2D eigenvalue weighted by molar-refractivity contribution is 5.82. The van der Waals surface area contributed by atoms with Gasteiger partial charge in [0, 0.05) is 31.7 Å². The van der Waals surface area contributed by atoms with E-state index in [1.54, 1.807) is 11.9 Å². The van der Waals surface area contributed by atoms with Crippen molar-refractivity contribution < 1.29 is 27.8 Å². The number of hydrazone groups is 1. The van der Waals surface area contributed by atoms with Crippen molar-refractivity contribution in [1.82, 2.24) is 9.91 Å². The number of nitrogens with zero attached hydrogens (tertiary/aromatic N) is 3. The first-order valence-electron chi connectivity index (χ1n) is 9.76. The van der Waals surface area contributed by atoms with Gasteiger partial charge >= 0.3 is 5.97 Å². The van der Waals surface area contributed by atoms with E-state index in [4.69, 9.17) is 14.2 Å². The van der Waals surface area contributed by atoms with Crippen LogP contribution in [-0.2, 0) is 14.3 Å². The number of rotatable bonds is 7. The van der Waals surface area contributed by atoms with Gasteiger partial charge in [0.05, 0.1) is 26.5 Å². The monoisotopic (exact) mass is 411 g/mol. The molecule has 9 heteroatoms. The minimum atomic E-state index is -1.05. The molecule has 0 bridgehead atoms. The molecule has 7 nitrogen and oxygen atoms in total. The van der Waals surface area contributed by atoms with Gasteiger partial charge in [0.15, 0.2) is 17.1 Å². The normalized spacial score (nSPS) is 23.0. The predicted octanol–water partition coefficient (Wildman–Crippen LogP) is 2.04. The highest BCUT2D eigenvalue weighted by atomic mass is 19.2. The minimum Gasteiger partial charge on any atom is -0.489 e. The summed E-state index contributed by atoms with van der Waals surface area (Å²) in [4.78, 5) is 14.2. The van der Waals surface area contributed by atoms with Crippen molar-refractivity contribution in [3.8, 4) is 5.75 Å². The van der Waals surface area contributed by atoms with Gasteiger partial charge in [-0.3, -0.25) is 9.91 Å². The lowest BCUT2D eigenvalue weighted by Crippen LogP contribution is -2.45. The van der Waals surface area contributed by atoms with E-state index in [0.717, 1.165) is 19.5 Å². The molecule has 0 N–H and O–H groups in total. The third-order valence-corrected chi connectivity index (χ3v) is 5.41. The summed E-state index contributed by atoms with van der Waals surface area (Å²) in [5, 5.41) is 5.77. The van der Waals surface area contributed by atoms with Crippen LogP contribution in [0.15, 0.2) is 17.2 Å². The zero-order chi connectivity index (χ0) is 20.9. The van der Waals surface area contributed by atoms with Gasteiger partial charge in [-0.1, -0.05) is 0 Å². The molecule has 0 saturated carbocycles. The third-order valence-electron chi connectivity index (χ3n) is 5.41. The predicted molar refractivity (Wildman–Crippen MR) is 103 cm³/mol. The molecular weight excluding hydrogens is 384 g/mol. The smallest absolute Gasteiger partial charge is 0.333 e. The zero-order valence-electron chi connectivity index (χ0n) is 16.8. The number of hydrogen-bond donors (Lipinski definition) is 0. The second kappa shape index (κ2) is 9.49. The summed E-state index contributed by atoms with van der Waals surface area (Å²) in [5.41, 5.74) is -0.912. The summed E-state index contributed by atoms with van der Waals surface area (Å²) in [5.74, 6) is -2.61. The number of morpholine rings is 1. The highest BCUT2D eigenvalue weighted by Crippen LogP contribution is 2.30. The first-order chi connectivity index (χ1) is 14.0. The van der Waals surface area contributed by atoms with Crippen LogP contribution in [0.5, 0.6) is 5.75 Å². The maximum absolute atomic E-state index is 14.5. The number of ether oxygens (including phenoxy) is 3. The van der Waals surface area contributed by atoms with E-state index in [2.05, 4.69) is 10.0 Å². The fraction of sp³-hybridized carbons (Fsp3) is 0.600. The molecule has 0 radical (unpaired) electrons. The Kier molecular flexibility index (Phi) is 7.02. The quantitative estimate of drug-likeness (QED) is 0.506. The van der Waals surface area contributed by atoms with E-state index in [1.165, 1.54) is 25.5 Å². The number of carbonyl (C=O) groups excluding carboxylic acids is 1. The van der Waals surface area contributed by atoms with Crippen LogP contribution in [0.4, 0.5) is 8.78 Å². The van der Waals surface area contributed by atoms with Crippen molar-refractivity contribution in [3.63, 3.8) is 0 Å². The number of benzene rings is 1. The number of halogens is 2. The molecule has 2 heterocycles. The summed E-state index contributed by atoms with van der Waals surface area (Å²) >= 11 is 0. The van der Waals surface area contributed by atoms with E-state index in [9.17, 15) is 13.6 Å². The number of carbonyl (C=O) groups is 1. The Morgan fingerprint density at radius 1 is 1.28 bits per heavy atom. The van der Waals surface area contributed by atoms with Crippen molar-refractivity contribution in [2.24, 2.45) is 5.10 Å². The van der Waals surface area contributed by atoms with E-state index in [0.29, 0.717) is 32.7 Å². The van der Waals surface area contributed by atoms with E-state index in [-0.39, 0.29) is 17.9 Å². The van der Waals surface area contributed by atoms with Gasteiger partial charge in [-0.2, -0.15) is 9.49 Å². The summed E-state index contributed by atoms with van der Waals surface area (Å²) in [6.07, 6.45) is 2.57. The molecule has 3 rings (SSSR count). The second-order valence-corrected chi connectivity index (χ2v) is 7.32. The molecule has 1 aromatic carbocycles. The minimum absolute atomic E-state index is 0.0119. The van der Waals surface area contributed by atoms with Crippen molar-refractivity contribution in [3.05, 3.63) is 29.3 Å². The zero-order valence-corrected chi connectivity index (χ0v) is 16.8. The van der Waals surface area contributed by atoms with Gasteiger partial charge in [0.1, 0.15) is 6.61 Å². The number of esters is 1. The first-order valence-corrected chi connectivity index (χ1v) is 9.76. The summed E-state index contributed by atoms with van der Waals surface area (Å²) in [7, 11) is 1.32. The fourth-order valence-electron chi connectivity index (χ4n) is 3.56. The Bertz CT molecular complexity index is 755. The van der Waals surface area contributed by atoms with Crippen molar-refractivity contribution >= 4 is 12.2 Å². The largest absolute Gasteiger partial charge is 0.489 e. The van der Waals surface area contributed by atoms with Crippen molar-refractivity contribution in [2.45, 2.75) is 25.3 Å². The molecular formula is C20H27F2N3O4. The first kappa shape index (κ1) is 21.4. The maximum Gasteiger partial charge on any atom is 0.333 e. The molecule has 0 aromatic heterocycles. The Hall–Kier alpha value is -2.26. The Balaban J connectivity index is 1.63. The van der Waals surface area contributed by atoms with Crippen LogP contribution < -0.4 is 4.74 Å². The molecule has 2 fully saturated rings. The van der Waals surface area contributed by atoms with Gasteiger partial charge in [0.2, 0.25) is 5.82 Å². The Morgan fingerprint density at radius 3 is 2.76 bits per heavy atom. The Labute approximate surface area is 169 Å². The van der Waals surface area contributed by atoms with Crippen LogP contribution in [0.2, 0.25) is 0 Å². The molecule has 1 aromatic rings. The number of hydrogen-bond acceptors (Lipinski definition) is 7. The lowest BCUT2D eigenvalue weighted by atomic mass is 10.0. The van der Waals surface area contributed by atoms with E-state index < -0.39 is 23.1 Å². The van der Waals surface area contributed by atoms with Crippen molar-refractivity contribution in [2.75, 3.05) is 53.1 Å². The van der Waals surface area contributed by atoms with Crippen LogP contribution in [0.1, 0.15) is 25.3 Å². The van der Waals surface area contributed by atoms with E-state index in [1.807, 2.05) is 0 Å². The summed E-state index contributed by atoms with van der Waals surface area (Å²) < 4.78 is 44.4. The molecule has 0 amide bonds. The van der Waals surface area contributed by atoms with Gasteiger partial charge < -0.3 is 14.2 Å². The molecule has 2 saturated heterocycles.